The number of hydrogen-bond acceptors (Lipinski definition) is 2. The second kappa shape index (κ2) is 4.24. The van der Waals surface area contributed by atoms with Crippen molar-refractivity contribution in [3.05, 3.63) is 40.4 Å². The van der Waals surface area contributed by atoms with Crippen LogP contribution in [0.25, 0.3) is 0 Å². The van der Waals surface area contributed by atoms with E-state index >= 15 is 0 Å². The Morgan fingerprint density at radius 3 is 2.11 bits per heavy atom. The molecule has 0 atom stereocenters. The summed E-state index contributed by atoms with van der Waals surface area (Å²) in [6, 6.07) is 2.77. The number of anilines is 1. The molecule has 7 heteroatoms. The Kier molecular flexibility index (Phi) is 3.02. The van der Waals surface area contributed by atoms with Gasteiger partial charge in [0.25, 0.3) is 11.8 Å². The normalized spacial score (nSPS) is 15.7. The number of alkyl halides is 3. The lowest BCUT2D eigenvalue weighted by Gasteiger charge is -2.17. The predicted octanol–water partition coefficient (Wildman–Crippen LogP) is 2.90. The van der Waals surface area contributed by atoms with Crippen LogP contribution in [0.2, 0.25) is 0 Å². The van der Waals surface area contributed by atoms with E-state index in [2.05, 4.69) is 15.9 Å². The molecule has 3 nitrogen and oxygen atoms in total. The van der Waals surface area contributed by atoms with Crippen molar-refractivity contribution in [2.24, 2.45) is 0 Å². The molecule has 0 aromatic heterocycles. The number of imide groups is 1. The van der Waals surface area contributed by atoms with E-state index < -0.39 is 23.6 Å². The second-order valence-corrected chi connectivity index (χ2v) is 4.36. The molecule has 0 fully saturated rings. The largest absolute Gasteiger partial charge is 0.416 e. The fourth-order valence-electron chi connectivity index (χ4n) is 1.50. The van der Waals surface area contributed by atoms with Crippen molar-refractivity contribution in [3.63, 3.8) is 0 Å². The molecule has 2 rings (SSSR count). The summed E-state index contributed by atoms with van der Waals surface area (Å²) in [7, 11) is 0. The van der Waals surface area contributed by atoms with E-state index in [0.29, 0.717) is 4.90 Å². The van der Waals surface area contributed by atoms with Crippen molar-refractivity contribution in [3.8, 4) is 0 Å². The van der Waals surface area contributed by atoms with Gasteiger partial charge in [0, 0.05) is 16.6 Å². The lowest BCUT2D eigenvalue weighted by Crippen LogP contribution is -2.30. The minimum Gasteiger partial charge on any atom is -0.269 e. The minimum atomic E-state index is -4.53. The van der Waals surface area contributed by atoms with Crippen LogP contribution in [0.3, 0.4) is 0 Å². The highest BCUT2D eigenvalue weighted by atomic mass is 79.9. The van der Waals surface area contributed by atoms with Crippen LogP contribution in [0.5, 0.6) is 0 Å². The van der Waals surface area contributed by atoms with Gasteiger partial charge in [-0.15, -0.1) is 0 Å². The first-order chi connectivity index (χ1) is 8.30. The number of nitrogens with zero attached hydrogens (tertiary/aromatic N) is 1. The molecule has 1 heterocycles. The number of carbonyl (C=O) groups excluding carboxylic acids is 2. The maximum Gasteiger partial charge on any atom is 0.416 e. The van der Waals surface area contributed by atoms with Gasteiger partial charge in [0.05, 0.1) is 11.3 Å². The summed E-state index contributed by atoms with van der Waals surface area (Å²) in [5.74, 6) is -1.33. The Morgan fingerprint density at radius 1 is 1.06 bits per heavy atom. The molecule has 0 radical (unpaired) electrons. The Hall–Kier alpha value is -1.63. The molecular weight excluding hydrogens is 315 g/mol. The molecule has 18 heavy (non-hydrogen) atoms. The van der Waals surface area contributed by atoms with Gasteiger partial charge < -0.3 is 0 Å². The standard InChI is InChI=1S/C11H5BrF3NO2/c12-7-2-1-6(11(13,14)15)5-8(7)16-9(17)3-4-10(16)18/h1-5H. The first-order valence-corrected chi connectivity index (χ1v) is 5.53. The summed E-state index contributed by atoms with van der Waals surface area (Å²) < 4.78 is 37.9. The van der Waals surface area contributed by atoms with Crippen LogP contribution >= 0.6 is 15.9 Å². The van der Waals surface area contributed by atoms with E-state index in [9.17, 15) is 22.8 Å². The van der Waals surface area contributed by atoms with Crippen molar-refractivity contribution < 1.29 is 22.8 Å². The van der Waals surface area contributed by atoms with E-state index in [0.717, 1.165) is 30.4 Å². The van der Waals surface area contributed by atoms with Crippen LogP contribution in [-0.4, -0.2) is 11.8 Å². The molecule has 94 valence electrons. The van der Waals surface area contributed by atoms with Crippen LogP contribution in [0.15, 0.2) is 34.8 Å². The fourth-order valence-corrected chi connectivity index (χ4v) is 1.92. The zero-order valence-corrected chi connectivity index (χ0v) is 10.2. The summed E-state index contributed by atoms with van der Waals surface area (Å²) in [6.45, 7) is 0. The molecule has 0 aliphatic carbocycles. The number of rotatable bonds is 1. The van der Waals surface area contributed by atoms with Gasteiger partial charge >= 0.3 is 6.18 Å². The van der Waals surface area contributed by atoms with Gasteiger partial charge in [-0.3, -0.25) is 9.59 Å². The SMILES string of the molecule is O=C1C=CC(=O)N1c1cc(C(F)(F)F)ccc1Br. The highest BCUT2D eigenvalue weighted by molar-refractivity contribution is 9.10. The second-order valence-electron chi connectivity index (χ2n) is 3.51. The third kappa shape index (κ3) is 2.17. The van der Waals surface area contributed by atoms with Gasteiger partial charge in [0.15, 0.2) is 0 Å². The number of benzene rings is 1. The number of hydrogen-bond donors (Lipinski definition) is 0. The highest BCUT2D eigenvalue weighted by Gasteiger charge is 2.33. The van der Waals surface area contributed by atoms with Crippen LogP contribution < -0.4 is 4.90 Å². The molecule has 1 aliphatic rings. The maximum atomic E-state index is 12.6. The van der Waals surface area contributed by atoms with Gasteiger partial charge in [-0.1, -0.05) is 0 Å². The van der Waals surface area contributed by atoms with Gasteiger partial charge in [-0.25, -0.2) is 4.90 Å². The fraction of sp³-hybridized carbons (Fsp3) is 0.0909. The zero-order valence-electron chi connectivity index (χ0n) is 8.66. The smallest absolute Gasteiger partial charge is 0.269 e. The van der Waals surface area contributed by atoms with E-state index in [1.54, 1.807) is 0 Å². The topological polar surface area (TPSA) is 37.4 Å². The Morgan fingerprint density at radius 2 is 1.61 bits per heavy atom. The molecule has 1 aromatic carbocycles. The molecule has 0 bridgehead atoms. The average Bonchev–Trinajstić information content (AvgIpc) is 2.58. The molecule has 2 amide bonds. The van der Waals surface area contributed by atoms with Crippen LogP contribution in [0.4, 0.5) is 18.9 Å². The molecular formula is C11H5BrF3NO2. The van der Waals surface area contributed by atoms with Gasteiger partial charge in [-0.05, 0) is 34.1 Å². The van der Waals surface area contributed by atoms with Crippen LogP contribution in [0.1, 0.15) is 5.56 Å². The number of carbonyl (C=O) groups is 2. The van der Waals surface area contributed by atoms with Crippen LogP contribution in [0, 0.1) is 0 Å². The van der Waals surface area contributed by atoms with E-state index in [-0.39, 0.29) is 10.2 Å². The predicted molar refractivity (Wildman–Crippen MR) is 60.8 cm³/mol. The van der Waals surface area contributed by atoms with E-state index in [1.807, 2.05) is 0 Å². The number of amides is 2. The van der Waals surface area contributed by atoms with Gasteiger partial charge in [-0.2, -0.15) is 13.2 Å². The minimum absolute atomic E-state index is 0.121. The first kappa shape index (κ1) is 12.8. The lowest BCUT2D eigenvalue weighted by molar-refractivity contribution is -0.137. The summed E-state index contributed by atoms with van der Waals surface area (Å²) in [5.41, 5.74) is -1.04. The lowest BCUT2D eigenvalue weighted by atomic mass is 10.2. The van der Waals surface area contributed by atoms with Crippen LogP contribution in [-0.2, 0) is 15.8 Å². The summed E-state index contributed by atoms with van der Waals surface area (Å²) >= 11 is 3.02. The van der Waals surface area contributed by atoms with Crippen molar-refractivity contribution in [2.75, 3.05) is 4.90 Å². The molecule has 0 saturated carbocycles. The third-order valence-electron chi connectivity index (χ3n) is 2.32. The third-order valence-corrected chi connectivity index (χ3v) is 2.99. The molecule has 0 spiro atoms. The maximum absolute atomic E-state index is 12.6. The first-order valence-electron chi connectivity index (χ1n) is 4.73. The summed E-state index contributed by atoms with van der Waals surface area (Å²) in [4.78, 5) is 23.5. The molecule has 0 unspecified atom stereocenters. The Balaban J connectivity index is 2.51. The molecule has 0 N–H and O–H groups in total. The molecule has 1 aliphatic heterocycles. The average molecular weight is 320 g/mol. The number of halogens is 4. The molecule has 1 aromatic rings. The van der Waals surface area contributed by atoms with E-state index in [1.165, 1.54) is 0 Å². The monoisotopic (exact) mass is 319 g/mol. The van der Waals surface area contributed by atoms with Crippen molar-refractivity contribution >= 4 is 33.4 Å². The summed E-state index contributed by atoms with van der Waals surface area (Å²) in [5, 5.41) is 0. The Labute approximate surface area is 108 Å². The molecule has 0 saturated heterocycles. The van der Waals surface area contributed by atoms with Gasteiger partial charge in [0.1, 0.15) is 0 Å². The van der Waals surface area contributed by atoms with Crippen molar-refractivity contribution in [1.29, 1.82) is 0 Å². The highest BCUT2D eigenvalue weighted by Crippen LogP contribution is 2.36. The quantitative estimate of drug-likeness (QED) is 0.746. The van der Waals surface area contributed by atoms with Crippen molar-refractivity contribution in [1.82, 2.24) is 0 Å². The van der Waals surface area contributed by atoms with Gasteiger partial charge in [0.2, 0.25) is 0 Å². The van der Waals surface area contributed by atoms with E-state index in [4.69, 9.17) is 0 Å². The zero-order chi connectivity index (χ0) is 13.5. The van der Waals surface area contributed by atoms with Crippen molar-refractivity contribution in [2.45, 2.75) is 6.18 Å². The Bertz CT molecular complexity index is 548. The summed E-state index contributed by atoms with van der Waals surface area (Å²) in [6.07, 6.45) is -2.52.